The van der Waals surface area contributed by atoms with E-state index < -0.39 is 5.97 Å². The van der Waals surface area contributed by atoms with Gasteiger partial charge < -0.3 is 13.9 Å². The molecule has 148 valence electrons. The van der Waals surface area contributed by atoms with Crippen LogP contribution >= 0.6 is 23.1 Å². The highest BCUT2D eigenvalue weighted by atomic mass is 32.2. The summed E-state index contributed by atoms with van der Waals surface area (Å²) in [4.78, 5) is 16.2. The Balaban J connectivity index is 1.64. The average molecular weight is 428 g/mol. The number of thioether (sulfide) groups is 1. The molecule has 0 aliphatic carbocycles. The average Bonchev–Trinajstić information content (AvgIpc) is 3.37. The molecular formula is C20H17N3O4S2. The second-order valence-electron chi connectivity index (χ2n) is 6.04. The molecule has 0 spiro atoms. The number of esters is 1. The third kappa shape index (κ3) is 3.96. The first-order valence-electron chi connectivity index (χ1n) is 8.67. The zero-order chi connectivity index (χ0) is 20.4. The van der Waals surface area contributed by atoms with Gasteiger partial charge >= 0.3 is 5.97 Å². The highest BCUT2D eigenvalue weighted by molar-refractivity contribution is 7.98. The van der Waals surface area contributed by atoms with Crippen molar-refractivity contribution in [3.05, 3.63) is 52.9 Å². The first kappa shape index (κ1) is 19.4. The maximum Gasteiger partial charge on any atom is 0.373 e. The molecule has 29 heavy (non-hydrogen) atoms. The molecule has 9 heteroatoms. The topological polar surface area (TPSA) is 87.3 Å². The minimum atomic E-state index is -0.499. The van der Waals surface area contributed by atoms with Gasteiger partial charge in [0.2, 0.25) is 5.76 Å². The van der Waals surface area contributed by atoms with E-state index in [1.807, 2.05) is 31.2 Å². The fourth-order valence-electron chi connectivity index (χ4n) is 2.78. The molecule has 4 aromatic rings. The summed E-state index contributed by atoms with van der Waals surface area (Å²) in [5.41, 5.74) is 2.51. The summed E-state index contributed by atoms with van der Waals surface area (Å²) in [5, 5.41) is 10.5. The van der Waals surface area contributed by atoms with Crippen LogP contribution in [0.3, 0.4) is 0 Å². The predicted octanol–water partition coefficient (Wildman–Crippen LogP) is 4.74. The third-order valence-corrected chi connectivity index (χ3v) is 6.09. The van der Waals surface area contributed by atoms with Crippen LogP contribution in [0.4, 0.5) is 0 Å². The second kappa shape index (κ2) is 8.22. The van der Waals surface area contributed by atoms with Gasteiger partial charge in [-0.15, -0.1) is 21.5 Å². The van der Waals surface area contributed by atoms with E-state index in [1.165, 1.54) is 18.9 Å². The number of thiazole rings is 1. The van der Waals surface area contributed by atoms with E-state index in [-0.39, 0.29) is 5.76 Å². The molecule has 4 rings (SSSR count). The molecule has 0 aliphatic heterocycles. The predicted molar refractivity (Wildman–Crippen MR) is 112 cm³/mol. The number of fused-ring (bicyclic) bond motifs is 1. The van der Waals surface area contributed by atoms with Gasteiger partial charge in [-0.05, 0) is 31.2 Å². The van der Waals surface area contributed by atoms with Crippen LogP contribution in [0.2, 0.25) is 0 Å². The number of ether oxygens (including phenoxy) is 2. The first-order chi connectivity index (χ1) is 14.1. The Kier molecular flexibility index (Phi) is 5.50. The number of carbonyl (C=O) groups is 1. The number of aryl methyl sites for hydroxylation is 1. The summed E-state index contributed by atoms with van der Waals surface area (Å²) in [6, 6.07) is 11.1. The molecule has 0 bridgehead atoms. The highest BCUT2D eigenvalue weighted by Crippen LogP contribution is 2.37. The zero-order valence-electron chi connectivity index (χ0n) is 16.0. The normalized spacial score (nSPS) is 11.0. The van der Waals surface area contributed by atoms with E-state index in [1.54, 1.807) is 30.6 Å². The van der Waals surface area contributed by atoms with Crippen LogP contribution in [0, 0.1) is 6.92 Å². The summed E-state index contributed by atoms with van der Waals surface area (Å²) >= 11 is 3.04. The van der Waals surface area contributed by atoms with Crippen LogP contribution in [-0.4, -0.2) is 35.4 Å². The Bertz CT molecular complexity index is 1190. The van der Waals surface area contributed by atoms with Crippen molar-refractivity contribution in [2.75, 3.05) is 14.2 Å². The number of aromatic nitrogens is 3. The monoisotopic (exact) mass is 427 g/mol. The second-order valence-corrected chi connectivity index (χ2v) is 8.21. The van der Waals surface area contributed by atoms with Gasteiger partial charge in [-0.2, -0.15) is 0 Å². The summed E-state index contributed by atoms with van der Waals surface area (Å²) < 4.78 is 16.5. The number of methoxy groups -OCH3 is 2. The Hall–Kier alpha value is -2.91. The molecule has 3 aromatic heterocycles. The lowest BCUT2D eigenvalue weighted by Crippen LogP contribution is -1.98. The van der Waals surface area contributed by atoms with E-state index >= 15 is 0 Å². The van der Waals surface area contributed by atoms with Gasteiger partial charge in [-0.1, -0.05) is 23.9 Å². The Labute approximate surface area is 175 Å². The molecule has 0 amide bonds. The molecule has 0 saturated carbocycles. The van der Waals surface area contributed by atoms with Gasteiger partial charge in [0.25, 0.3) is 0 Å². The molecule has 0 fully saturated rings. The largest absolute Gasteiger partial charge is 0.497 e. The number of carbonyl (C=O) groups excluding carboxylic acids is 1. The summed E-state index contributed by atoms with van der Waals surface area (Å²) in [5.74, 6) is 1.58. The molecule has 0 saturated heterocycles. The van der Waals surface area contributed by atoms with E-state index in [9.17, 15) is 4.79 Å². The quantitative estimate of drug-likeness (QED) is 0.322. The van der Waals surface area contributed by atoms with E-state index in [4.69, 9.17) is 9.15 Å². The van der Waals surface area contributed by atoms with Crippen LogP contribution in [0.15, 0.2) is 45.8 Å². The maximum absolute atomic E-state index is 11.5. The van der Waals surface area contributed by atoms with Gasteiger partial charge in [0.15, 0.2) is 0 Å². The van der Waals surface area contributed by atoms with Crippen molar-refractivity contribution in [1.82, 2.24) is 15.2 Å². The van der Waals surface area contributed by atoms with Crippen LogP contribution in [0.1, 0.15) is 21.3 Å². The van der Waals surface area contributed by atoms with Crippen LogP contribution in [0.25, 0.3) is 21.5 Å². The van der Waals surface area contributed by atoms with Gasteiger partial charge in [0.1, 0.15) is 27.7 Å². The van der Waals surface area contributed by atoms with Crippen molar-refractivity contribution in [2.45, 2.75) is 17.7 Å². The number of rotatable bonds is 6. The number of hydrogen-bond donors (Lipinski definition) is 0. The minimum Gasteiger partial charge on any atom is -0.497 e. The molecule has 0 aliphatic rings. The minimum absolute atomic E-state index is 0.178. The van der Waals surface area contributed by atoms with Crippen molar-refractivity contribution in [3.8, 4) is 17.0 Å². The van der Waals surface area contributed by atoms with Crippen LogP contribution in [-0.2, 0) is 10.5 Å². The maximum atomic E-state index is 11.5. The number of nitrogens with zero attached hydrogens (tertiary/aromatic N) is 3. The molecular weight excluding hydrogens is 410 g/mol. The fraction of sp³-hybridized carbons (Fsp3) is 0.200. The lowest BCUT2D eigenvalue weighted by molar-refractivity contribution is 0.0563. The van der Waals surface area contributed by atoms with Crippen molar-refractivity contribution >= 4 is 39.3 Å². The van der Waals surface area contributed by atoms with E-state index in [0.29, 0.717) is 16.5 Å². The van der Waals surface area contributed by atoms with Crippen molar-refractivity contribution in [2.24, 2.45) is 0 Å². The van der Waals surface area contributed by atoms with E-state index in [0.717, 1.165) is 32.2 Å². The Morgan fingerprint density at radius 3 is 2.86 bits per heavy atom. The van der Waals surface area contributed by atoms with Gasteiger partial charge in [0.05, 0.1) is 29.7 Å². The molecule has 1 aromatic carbocycles. The van der Waals surface area contributed by atoms with Crippen molar-refractivity contribution < 1.29 is 18.7 Å². The van der Waals surface area contributed by atoms with Gasteiger partial charge in [-0.25, -0.2) is 9.78 Å². The summed E-state index contributed by atoms with van der Waals surface area (Å²) in [6.07, 6.45) is 0. The molecule has 3 heterocycles. The first-order valence-corrected chi connectivity index (χ1v) is 10.5. The van der Waals surface area contributed by atoms with Crippen LogP contribution < -0.4 is 4.74 Å². The SMILES string of the molecule is COC(=O)c1ccc(CSc2nnc(-c3cccc(OC)c3)c3sc(C)nc23)o1. The lowest BCUT2D eigenvalue weighted by atomic mass is 10.1. The number of benzene rings is 1. The summed E-state index contributed by atoms with van der Waals surface area (Å²) in [7, 11) is 2.96. The number of furan rings is 1. The van der Waals surface area contributed by atoms with Crippen molar-refractivity contribution in [3.63, 3.8) is 0 Å². The smallest absolute Gasteiger partial charge is 0.373 e. The van der Waals surface area contributed by atoms with Crippen LogP contribution in [0.5, 0.6) is 5.75 Å². The Morgan fingerprint density at radius 2 is 2.07 bits per heavy atom. The van der Waals surface area contributed by atoms with E-state index in [2.05, 4.69) is 19.9 Å². The molecule has 0 radical (unpaired) electrons. The number of hydrogen-bond acceptors (Lipinski definition) is 9. The highest BCUT2D eigenvalue weighted by Gasteiger charge is 2.17. The van der Waals surface area contributed by atoms with Gasteiger partial charge in [0, 0.05) is 5.56 Å². The van der Waals surface area contributed by atoms with Gasteiger partial charge in [-0.3, -0.25) is 0 Å². The fourth-order valence-corrected chi connectivity index (χ4v) is 4.59. The third-order valence-electron chi connectivity index (χ3n) is 4.14. The van der Waals surface area contributed by atoms with Crippen molar-refractivity contribution in [1.29, 1.82) is 0 Å². The molecule has 0 unspecified atom stereocenters. The molecule has 7 nitrogen and oxygen atoms in total. The Morgan fingerprint density at radius 1 is 1.21 bits per heavy atom. The lowest BCUT2D eigenvalue weighted by Gasteiger charge is -2.06. The molecule has 0 N–H and O–H groups in total. The zero-order valence-corrected chi connectivity index (χ0v) is 17.6. The molecule has 0 atom stereocenters. The summed E-state index contributed by atoms with van der Waals surface area (Å²) in [6.45, 7) is 1.96. The standard InChI is InChI=1S/C20H17N3O4S2/c1-11-21-17-18(29-11)16(12-5-4-6-13(9-12)25-2)22-23-19(17)28-10-14-7-8-15(27-14)20(24)26-3/h4-9H,10H2,1-3H3.